The molecule has 42 heavy (non-hydrogen) atoms. The van der Waals surface area contributed by atoms with E-state index in [0.29, 0.717) is 30.4 Å². The van der Waals surface area contributed by atoms with Gasteiger partial charge in [0.15, 0.2) is 0 Å². The first-order valence-electron chi connectivity index (χ1n) is 14.8. The minimum atomic E-state index is -0.343. The van der Waals surface area contributed by atoms with Crippen LogP contribution < -0.4 is 20.5 Å². The third-order valence-corrected chi connectivity index (χ3v) is 7.52. The van der Waals surface area contributed by atoms with Gasteiger partial charge in [-0.25, -0.2) is 9.78 Å². The number of nitrogens with zero attached hydrogens (tertiary/aromatic N) is 2. The largest absolute Gasteiger partial charge is 0.494 e. The minimum absolute atomic E-state index is 0.139. The summed E-state index contributed by atoms with van der Waals surface area (Å²) in [4.78, 5) is 35.8. The number of aromatic amines is 1. The van der Waals surface area contributed by atoms with E-state index in [2.05, 4.69) is 68.1 Å². The number of urea groups is 1. The van der Waals surface area contributed by atoms with Gasteiger partial charge in [0, 0.05) is 29.7 Å². The van der Waals surface area contributed by atoms with Crippen molar-refractivity contribution in [1.82, 2.24) is 9.97 Å². The number of aromatic nitrogens is 2. The number of ether oxygens (including phenoxy) is 1. The number of amides is 2. The van der Waals surface area contributed by atoms with Gasteiger partial charge in [-0.1, -0.05) is 53.2 Å². The van der Waals surface area contributed by atoms with Crippen molar-refractivity contribution in [3.8, 4) is 16.9 Å². The SMILES string of the molecule is CCCCN(C(=O)Nc1c(C(C)C)cc(-c2cccc(OCCCCl)c2)cc1C(C)C)c1cc2cccnc2[nH]c1=O. The number of anilines is 2. The monoisotopic (exact) mass is 588 g/mol. The van der Waals surface area contributed by atoms with E-state index in [1.807, 2.05) is 30.3 Å². The van der Waals surface area contributed by atoms with Crippen molar-refractivity contribution in [1.29, 1.82) is 0 Å². The molecule has 2 aromatic heterocycles. The molecule has 2 N–H and O–H groups in total. The average Bonchev–Trinajstić information content (AvgIpc) is 2.97. The molecule has 0 saturated carbocycles. The van der Waals surface area contributed by atoms with Gasteiger partial charge in [0.05, 0.1) is 6.61 Å². The molecule has 0 aliphatic carbocycles. The maximum Gasteiger partial charge on any atom is 0.326 e. The predicted octanol–water partition coefficient (Wildman–Crippen LogP) is 8.68. The van der Waals surface area contributed by atoms with Gasteiger partial charge in [-0.3, -0.25) is 9.69 Å². The Balaban J connectivity index is 1.75. The van der Waals surface area contributed by atoms with E-state index in [4.69, 9.17) is 16.3 Å². The first kappa shape index (κ1) is 31.1. The number of H-pyrrole nitrogens is 1. The molecule has 0 aliphatic rings. The molecule has 0 atom stereocenters. The molecule has 2 heterocycles. The summed E-state index contributed by atoms with van der Waals surface area (Å²) in [6.45, 7) is 11.5. The van der Waals surface area contributed by atoms with Crippen LogP contribution in [0.1, 0.15) is 76.8 Å². The number of carbonyl (C=O) groups excluding carboxylic acids is 1. The molecular weight excluding hydrogens is 548 g/mol. The zero-order valence-corrected chi connectivity index (χ0v) is 25.9. The molecule has 0 fully saturated rings. The molecule has 0 aliphatic heterocycles. The Kier molecular flexibility index (Phi) is 10.6. The van der Waals surface area contributed by atoms with Crippen LogP contribution in [0.15, 0.2) is 65.6 Å². The van der Waals surface area contributed by atoms with Crippen molar-refractivity contribution < 1.29 is 9.53 Å². The second-order valence-electron chi connectivity index (χ2n) is 11.1. The Bertz CT molecular complexity index is 1550. The second kappa shape index (κ2) is 14.4. The second-order valence-corrected chi connectivity index (χ2v) is 11.5. The predicted molar refractivity (Wildman–Crippen MR) is 175 cm³/mol. The molecule has 0 saturated heterocycles. The van der Waals surface area contributed by atoms with Crippen LogP contribution in [-0.2, 0) is 0 Å². The Labute approximate surface area is 253 Å². The maximum atomic E-state index is 14.0. The number of unbranched alkanes of at least 4 members (excludes halogenated alkanes) is 1. The molecule has 222 valence electrons. The number of hydrogen-bond donors (Lipinski definition) is 2. The third kappa shape index (κ3) is 7.32. The smallest absolute Gasteiger partial charge is 0.326 e. The Morgan fingerprint density at radius 1 is 1.00 bits per heavy atom. The normalized spacial score (nSPS) is 11.3. The minimum Gasteiger partial charge on any atom is -0.494 e. The number of nitrogens with one attached hydrogen (secondary N) is 2. The highest BCUT2D eigenvalue weighted by molar-refractivity contribution is 6.17. The number of alkyl halides is 1. The fraction of sp³-hybridized carbons (Fsp3) is 0.382. The summed E-state index contributed by atoms with van der Waals surface area (Å²) in [5.74, 6) is 1.64. The van der Waals surface area contributed by atoms with Gasteiger partial charge in [-0.05, 0) is 89.4 Å². The summed E-state index contributed by atoms with van der Waals surface area (Å²) in [5.41, 5.74) is 5.42. The summed E-state index contributed by atoms with van der Waals surface area (Å²) in [6, 6.07) is 17.5. The maximum absolute atomic E-state index is 14.0. The number of carbonyl (C=O) groups is 1. The van der Waals surface area contributed by atoms with Crippen LogP contribution in [0.5, 0.6) is 5.75 Å². The number of halogens is 1. The van der Waals surface area contributed by atoms with E-state index in [1.165, 1.54) is 0 Å². The number of pyridine rings is 2. The molecule has 4 aromatic rings. The van der Waals surface area contributed by atoms with Gasteiger partial charge in [0.2, 0.25) is 0 Å². The lowest BCUT2D eigenvalue weighted by Gasteiger charge is -2.27. The Morgan fingerprint density at radius 3 is 2.40 bits per heavy atom. The molecule has 0 spiro atoms. The molecule has 2 aromatic carbocycles. The first-order chi connectivity index (χ1) is 20.2. The number of fused-ring (bicyclic) bond motifs is 1. The van der Waals surface area contributed by atoms with Gasteiger partial charge >= 0.3 is 6.03 Å². The number of rotatable bonds is 12. The lowest BCUT2D eigenvalue weighted by molar-refractivity contribution is 0.256. The van der Waals surface area contributed by atoms with E-state index < -0.39 is 0 Å². The molecule has 7 nitrogen and oxygen atoms in total. The lowest BCUT2D eigenvalue weighted by Crippen LogP contribution is -2.39. The van der Waals surface area contributed by atoms with Gasteiger partial charge in [-0.2, -0.15) is 0 Å². The molecule has 0 unspecified atom stereocenters. The van der Waals surface area contributed by atoms with Crippen molar-refractivity contribution in [2.75, 3.05) is 29.2 Å². The van der Waals surface area contributed by atoms with Crippen LogP contribution in [0.4, 0.5) is 16.2 Å². The Hall–Kier alpha value is -3.84. The molecular formula is C34H41ClN4O3. The van der Waals surface area contributed by atoms with Crippen molar-refractivity contribution in [3.63, 3.8) is 0 Å². The van der Waals surface area contributed by atoms with Gasteiger partial charge < -0.3 is 15.0 Å². The summed E-state index contributed by atoms with van der Waals surface area (Å²) in [6.07, 6.45) is 4.06. The summed E-state index contributed by atoms with van der Waals surface area (Å²) in [5, 5.41) is 4.00. The summed E-state index contributed by atoms with van der Waals surface area (Å²) in [7, 11) is 0. The van der Waals surface area contributed by atoms with E-state index in [0.717, 1.165) is 58.3 Å². The molecule has 2 amide bonds. The fourth-order valence-corrected chi connectivity index (χ4v) is 5.07. The number of benzene rings is 2. The van der Waals surface area contributed by atoms with Crippen LogP contribution in [-0.4, -0.2) is 35.0 Å². The number of hydrogen-bond acceptors (Lipinski definition) is 4. The van der Waals surface area contributed by atoms with Crippen LogP contribution in [0.3, 0.4) is 0 Å². The van der Waals surface area contributed by atoms with Crippen LogP contribution in [0.25, 0.3) is 22.2 Å². The van der Waals surface area contributed by atoms with E-state index in [1.54, 1.807) is 17.2 Å². The van der Waals surface area contributed by atoms with Crippen LogP contribution in [0, 0.1) is 0 Å². The highest BCUT2D eigenvalue weighted by Gasteiger charge is 2.24. The van der Waals surface area contributed by atoms with Crippen LogP contribution in [0.2, 0.25) is 0 Å². The van der Waals surface area contributed by atoms with E-state index in [9.17, 15) is 9.59 Å². The zero-order valence-electron chi connectivity index (χ0n) is 25.2. The molecule has 0 radical (unpaired) electrons. The topological polar surface area (TPSA) is 87.3 Å². The van der Waals surface area contributed by atoms with E-state index in [-0.39, 0.29) is 23.4 Å². The lowest BCUT2D eigenvalue weighted by atomic mass is 9.88. The summed E-state index contributed by atoms with van der Waals surface area (Å²) < 4.78 is 5.90. The quantitative estimate of drug-likeness (QED) is 0.128. The highest BCUT2D eigenvalue weighted by Crippen LogP contribution is 2.38. The molecule has 0 bridgehead atoms. The summed E-state index contributed by atoms with van der Waals surface area (Å²) >= 11 is 5.82. The van der Waals surface area contributed by atoms with Crippen molar-refractivity contribution in [3.05, 3.63) is 82.3 Å². The molecule has 8 heteroatoms. The highest BCUT2D eigenvalue weighted by atomic mass is 35.5. The van der Waals surface area contributed by atoms with Crippen molar-refractivity contribution >= 4 is 40.0 Å². The van der Waals surface area contributed by atoms with Gasteiger partial charge in [0.1, 0.15) is 17.1 Å². The zero-order chi connectivity index (χ0) is 30.2. The van der Waals surface area contributed by atoms with Gasteiger partial charge in [-0.15, -0.1) is 11.6 Å². The first-order valence-corrected chi connectivity index (χ1v) is 15.3. The van der Waals surface area contributed by atoms with E-state index >= 15 is 0 Å². The van der Waals surface area contributed by atoms with Crippen LogP contribution >= 0.6 is 11.6 Å². The molecule has 4 rings (SSSR count). The third-order valence-electron chi connectivity index (χ3n) is 7.26. The van der Waals surface area contributed by atoms with Gasteiger partial charge in [0.25, 0.3) is 5.56 Å². The standard InChI is InChI=1S/C34H41ClN4O3/c1-6-7-16-39(30-21-25-12-9-15-36-32(25)38-33(30)40)34(41)37-31-28(22(2)3)19-26(20-29(31)23(4)5)24-11-8-13-27(18-24)42-17-10-14-35/h8-9,11-13,15,18-23H,6-7,10,14,16-17H2,1-5H3,(H,37,41)(H,36,38,40). The fourth-order valence-electron chi connectivity index (χ4n) is 4.97. The van der Waals surface area contributed by atoms with Crippen molar-refractivity contribution in [2.24, 2.45) is 0 Å². The van der Waals surface area contributed by atoms with Crippen molar-refractivity contribution in [2.45, 2.75) is 65.7 Å². The average molecular weight is 589 g/mol. The Morgan fingerprint density at radius 2 is 1.74 bits per heavy atom.